The maximum absolute atomic E-state index is 6.20. The number of allylic oxidation sites excluding steroid dienone is 2. The van der Waals surface area contributed by atoms with Crippen LogP contribution in [0.15, 0.2) is 35.5 Å². The standard InChI is InChI=1S/C22H33N3OS.C3H4/c1-6-19(7-2)14-26-21-16(3)13-24-20(18(21)5)15-27-22-23-12-10-8-9-11-17(4)25-22;1-3-2/h8-11,13,17,19H,6-7,12,14-15H2,1-5H3,(H,23,25);1H,2H3/b10-8-,11-9-;. The normalized spacial score (nSPS) is 17.8. The highest BCUT2D eigenvalue weighted by Crippen LogP contribution is 2.28. The maximum atomic E-state index is 6.20. The predicted molar refractivity (Wildman–Crippen MR) is 132 cm³/mol. The molecule has 0 saturated carbocycles. The fraction of sp³-hybridized carbons (Fsp3) is 0.520. The summed E-state index contributed by atoms with van der Waals surface area (Å²) in [7, 11) is 0. The molecule has 30 heavy (non-hydrogen) atoms. The molecule has 1 aliphatic heterocycles. The highest BCUT2D eigenvalue weighted by molar-refractivity contribution is 8.13. The van der Waals surface area contributed by atoms with E-state index in [0.29, 0.717) is 12.5 Å². The second kappa shape index (κ2) is 14.7. The van der Waals surface area contributed by atoms with Gasteiger partial charge in [-0.1, -0.05) is 62.8 Å². The molecule has 2 heterocycles. The van der Waals surface area contributed by atoms with Crippen molar-refractivity contribution in [1.82, 2.24) is 10.3 Å². The second-order valence-corrected chi connectivity index (χ2v) is 8.27. The Morgan fingerprint density at radius 2 is 2.00 bits per heavy atom. The Kier molecular flexibility index (Phi) is 12.7. The minimum atomic E-state index is 0.255. The van der Waals surface area contributed by atoms with Gasteiger partial charge in [-0.15, -0.1) is 12.3 Å². The van der Waals surface area contributed by atoms with Gasteiger partial charge in [0.2, 0.25) is 0 Å². The Balaban J connectivity index is 0.00000141. The van der Waals surface area contributed by atoms with Crippen LogP contribution >= 0.6 is 11.8 Å². The van der Waals surface area contributed by atoms with Crippen molar-refractivity contribution in [3.63, 3.8) is 0 Å². The van der Waals surface area contributed by atoms with Crippen molar-refractivity contribution >= 4 is 16.9 Å². The van der Waals surface area contributed by atoms with Gasteiger partial charge < -0.3 is 10.1 Å². The summed E-state index contributed by atoms with van der Waals surface area (Å²) in [6, 6.07) is 0.255. The van der Waals surface area contributed by atoms with Crippen LogP contribution in [0.2, 0.25) is 0 Å². The van der Waals surface area contributed by atoms with E-state index in [2.05, 4.69) is 80.5 Å². The molecule has 1 aliphatic rings. The van der Waals surface area contributed by atoms with E-state index in [1.165, 1.54) is 0 Å². The molecule has 1 aromatic heterocycles. The molecule has 1 unspecified atom stereocenters. The van der Waals surface area contributed by atoms with Crippen molar-refractivity contribution in [1.29, 1.82) is 0 Å². The number of hydrogen-bond acceptors (Lipinski definition) is 5. The Morgan fingerprint density at radius 3 is 2.67 bits per heavy atom. The summed E-state index contributed by atoms with van der Waals surface area (Å²) in [5.41, 5.74) is 3.31. The summed E-state index contributed by atoms with van der Waals surface area (Å²) in [6.45, 7) is 13.9. The van der Waals surface area contributed by atoms with E-state index in [-0.39, 0.29) is 6.04 Å². The predicted octanol–water partition coefficient (Wildman–Crippen LogP) is 5.85. The zero-order chi connectivity index (χ0) is 22.4. The van der Waals surface area contributed by atoms with Crippen molar-refractivity contribution in [2.45, 2.75) is 66.2 Å². The van der Waals surface area contributed by atoms with Crippen LogP contribution in [0.25, 0.3) is 0 Å². The van der Waals surface area contributed by atoms with E-state index in [4.69, 9.17) is 4.74 Å². The summed E-state index contributed by atoms with van der Waals surface area (Å²) < 4.78 is 6.20. The van der Waals surface area contributed by atoms with Gasteiger partial charge in [0.25, 0.3) is 0 Å². The molecule has 0 bridgehead atoms. The van der Waals surface area contributed by atoms with E-state index in [1.54, 1.807) is 18.7 Å². The summed E-state index contributed by atoms with van der Waals surface area (Å²) in [4.78, 5) is 9.30. The average Bonchev–Trinajstić information content (AvgIpc) is 2.82. The Hall–Kier alpha value is -2.19. The van der Waals surface area contributed by atoms with E-state index in [9.17, 15) is 0 Å². The lowest BCUT2D eigenvalue weighted by molar-refractivity contribution is 0.237. The molecule has 0 saturated heterocycles. The quantitative estimate of drug-likeness (QED) is 0.555. The summed E-state index contributed by atoms with van der Waals surface area (Å²) in [5, 5.41) is 4.42. The minimum absolute atomic E-state index is 0.255. The van der Waals surface area contributed by atoms with Crippen molar-refractivity contribution in [2.75, 3.05) is 13.2 Å². The Morgan fingerprint density at radius 1 is 1.30 bits per heavy atom. The smallest absolute Gasteiger partial charge is 0.157 e. The minimum Gasteiger partial charge on any atom is -0.493 e. The van der Waals surface area contributed by atoms with Crippen molar-refractivity contribution in [3.05, 3.63) is 47.3 Å². The Labute approximate surface area is 187 Å². The largest absolute Gasteiger partial charge is 0.493 e. The Bertz CT molecular complexity index is 773. The molecule has 164 valence electrons. The number of nitrogens with zero attached hydrogens (tertiary/aromatic N) is 2. The number of aliphatic imine (C=N–C) groups is 1. The zero-order valence-electron chi connectivity index (χ0n) is 19.4. The van der Waals surface area contributed by atoms with Gasteiger partial charge in [-0.3, -0.25) is 9.98 Å². The van der Waals surface area contributed by atoms with Crippen LogP contribution < -0.4 is 10.1 Å². The number of ether oxygens (including phenoxy) is 1. The summed E-state index contributed by atoms with van der Waals surface area (Å²) in [5.74, 6) is 4.63. The molecule has 0 aromatic carbocycles. The fourth-order valence-electron chi connectivity index (χ4n) is 2.87. The molecule has 4 nitrogen and oxygen atoms in total. The van der Waals surface area contributed by atoms with Crippen LogP contribution in [0.4, 0.5) is 0 Å². The van der Waals surface area contributed by atoms with E-state index < -0.39 is 0 Å². The molecule has 0 aliphatic carbocycles. The number of aryl methyl sites for hydroxylation is 1. The van der Waals surface area contributed by atoms with Gasteiger partial charge in [0.05, 0.1) is 18.8 Å². The van der Waals surface area contributed by atoms with Crippen LogP contribution in [0, 0.1) is 32.1 Å². The van der Waals surface area contributed by atoms with Gasteiger partial charge in [-0.25, -0.2) is 0 Å². The molecule has 1 atom stereocenters. The molecule has 0 spiro atoms. The first kappa shape index (κ1) is 25.8. The number of aromatic nitrogens is 1. The first-order valence-electron chi connectivity index (χ1n) is 10.7. The number of thioether (sulfide) groups is 1. The third-order valence-electron chi connectivity index (χ3n) is 4.85. The van der Waals surface area contributed by atoms with Crippen LogP contribution in [0.5, 0.6) is 5.75 Å². The topological polar surface area (TPSA) is 46.5 Å². The van der Waals surface area contributed by atoms with Crippen molar-refractivity contribution in [3.8, 4) is 18.1 Å². The third-order valence-corrected chi connectivity index (χ3v) is 5.79. The zero-order valence-corrected chi connectivity index (χ0v) is 20.2. The van der Waals surface area contributed by atoms with Crippen LogP contribution in [-0.2, 0) is 5.75 Å². The molecule has 1 aromatic rings. The number of amidine groups is 1. The molecular weight excluding hydrogens is 390 g/mol. The van der Waals surface area contributed by atoms with E-state index >= 15 is 0 Å². The summed E-state index contributed by atoms with van der Waals surface area (Å²) in [6.07, 6.45) is 17.1. The molecular formula is C25H37N3OS. The molecule has 0 fully saturated rings. The SMILES string of the molecule is C#CC.CCC(CC)COc1c(C)cnc(CSC2=NC/C=C\C=C/C(C)N2)c1C. The highest BCUT2D eigenvalue weighted by Gasteiger charge is 2.14. The lowest BCUT2D eigenvalue weighted by Gasteiger charge is -2.19. The number of hydrogen-bond donors (Lipinski definition) is 1. The first-order valence-corrected chi connectivity index (χ1v) is 11.7. The van der Waals surface area contributed by atoms with Crippen molar-refractivity contribution < 1.29 is 4.74 Å². The number of terminal acetylenes is 1. The maximum Gasteiger partial charge on any atom is 0.157 e. The lowest BCUT2D eigenvalue weighted by Crippen LogP contribution is -2.29. The first-order chi connectivity index (χ1) is 14.5. The monoisotopic (exact) mass is 427 g/mol. The van der Waals surface area contributed by atoms with Gasteiger partial charge >= 0.3 is 0 Å². The van der Waals surface area contributed by atoms with Gasteiger partial charge in [-0.05, 0) is 33.6 Å². The van der Waals surface area contributed by atoms with E-state index in [0.717, 1.165) is 52.9 Å². The van der Waals surface area contributed by atoms with Gasteiger partial charge in [-0.2, -0.15) is 0 Å². The number of pyridine rings is 1. The van der Waals surface area contributed by atoms with Crippen LogP contribution in [-0.4, -0.2) is 29.3 Å². The van der Waals surface area contributed by atoms with Gasteiger partial charge in [0, 0.05) is 29.1 Å². The number of rotatable bonds is 7. The van der Waals surface area contributed by atoms with Gasteiger partial charge in [0.1, 0.15) is 5.75 Å². The van der Waals surface area contributed by atoms with E-state index in [1.807, 2.05) is 12.3 Å². The fourth-order valence-corrected chi connectivity index (χ4v) is 3.87. The third kappa shape index (κ3) is 9.09. The second-order valence-electron chi connectivity index (χ2n) is 7.30. The molecule has 5 heteroatoms. The molecule has 0 radical (unpaired) electrons. The lowest BCUT2D eigenvalue weighted by atomic mass is 10.1. The van der Waals surface area contributed by atoms with Crippen LogP contribution in [0.3, 0.4) is 0 Å². The van der Waals surface area contributed by atoms with Crippen molar-refractivity contribution in [2.24, 2.45) is 10.9 Å². The molecule has 2 rings (SSSR count). The molecule has 1 N–H and O–H groups in total. The highest BCUT2D eigenvalue weighted by atomic mass is 32.2. The summed E-state index contributed by atoms with van der Waals surface area (Å²) >= 11 is 1.70. The average molecular weight is 428 g/mol. The number of nitrogens with one attached hydrogen (secondary N) is 1. The van der Waals surface area contributed by atoms with Gasteiger partial charge in [0.15, 0.2) is 5.17 Å². The van der Waals surface area contributed by atoms with Crippen LogP contribution in [0.1, 0.15) is 57.4 Å². The molecule has 0 amide bonds.